The molecule has 1 aromatic rings. The molecule has 1 N–H and O–H groups in total. The second-order valence-electron chi connectivity index (χ2n) is 3.76. The van der Waals surface area contributed by atoms with E-state index in [9.17, 15) is 17.6 Å². The third-order valence-corrected chi connectivity index (χ3v) is 2.18. The van der Waals surface area contributed by atoms with Gasteiger partial charge in [-0.15, -0.1) is 0 Å². The number of nitrogens with one attached hydrogen (secondary N) is 1. The SMILES string of the molecule is N#Cc1ccc(F)c(CNCCOCC(F)(F)F)c1. The van der Waals surface area contributed by atoms with Crippen LogP contribution in [0, 0.1) is 17.1 Å². The van der Waals surface area contributed by atoms with Crippen molar-refractivity contribution in [2.24, 2.45) is 0 Å². The lowest BCUT2D eigenvalue weighted by atomic mass is 10.1. The van der Waals surface area contributed by atoms with E-state index < -0.39 is 18.6 Å². The van der Waals surface area contributed by atoms with Gasteiger partial charge in [0, 0.05) is 18.7 Å². The van der Waals surface area contributed by atoms with Crippen molar-refractivity contribution in [3.63, 3.8) is 0 Å². The van der Waals surface area contributed by atoms with Crippen molar-refractivity contribution in [3.05, 3.63) is 35.1 Å². The van der Waals surface area contributed by atoms with Crippen LogP contribution in [0.4, 0.5) is 17.6 Å². The molecule has 19 heavy (non-hydrogen) atoms. The fourth-order valence-corrected chi connectivity index (χ4v) is 1.34. The quantitative estimate of drug-likeness (QED) is 0.641. The maximum Gasteiger partial charge on any atom is 0.411 e. The molecular weight excluding hydrogens is 264 g/mol. The number of rotatable bonds is 6. The fourth-order valence-electron chi connectivity index (χ4n) is 1.34. The summed E-state index contributed by atoms with van der Waals surface area (Å²) in [5.41, 5.74) is 0.612. The summed E-state index contributed by atoms with van der Waals surface area (Å²) in [5.74, 6) is -0.470. The largest absolute Gasteiger partial charge is 0.411 e. The first-order valence-corrected chi connectivity index (χ1v) is 5.46. The molecule has 0 spiro atoms. The molecule has 1 aromatic carbocycles. The molecule has 3 nitrogen and oxygen atoms in total. The van der Waals surface area contributed by atoms with Crippen LogP contribution in [0.2, 0.25) is 0 Å². The molecule has 0 unspecified atom stereocenters. The van der Waals surface area contributed by atoms with E-state index in [4.69, 9.17) is 5.26 Å². The van der Waals surface area contributed by atoms with E-state index in [-0.39, 0.29) is 25.3 Å². The summed E-state index contributed by atoms with van der Waals surface area (Å²) in [6.07, 6.45) is -4.34. The van der Waals surface area contributed by atoms with Crippen molar-refractivity contribution in [3.8, 4) is 6.07 Å². The van der Waals surface area contributed by atoms with E-state index in [1.807, 2.05) is 6.07 Å². The van der Waals surface area contributed by atoms with Gasteiger partial charge in [-0.05, 0) is 18.2 Å². The summed E-state index contributed by atoms with van der Waals surface area (Å²) < 4.78 is 52.9. The van der Waals surface area contributed by atoms with Crippen LogP contribution in [0.1, 0.15) is 11.1 Å². The van der Waals surface area contributed by atoms with Crippen molar-refractivity contribution < 1.29 is 22.3 Å². The summed E-state index contributed by atoms with van der Waals surface area (Å²) in [5, 5.41) is 11.4. The molecular formula is C12H12F4N2O. The van der Waals surface area contributed by atoms with Crippen LogP contribution in [0.5, 0.6) is 0 Å². The van der Waals surface area contributed by atoms with Gasteiger partial charge in [0.1, 0.15) is 12.4 Å². The van der Waals surface area contributed by atoms with Crippen LogP contribution in [-0.4, -0.2) is 25.9 Å². The van der Waals surface area contributed by atoms with Gasteiger partial charge in [-0.1, -0.05) is 0 Å². The first-order chi connectivity index (χ1) is 8.92. The van der Waals surface area contributed by atoms with E-state index in [0.29, 0.717) is 5.56 Å². The second kappa shape index (κ2) is 7.07. The Morgan fingerprint density at radius 3 is 2.68 bits per heavy atom. The number of benzene rings is 1. The van der Waals surface area contributed by atoms with Gasteiger partial charge in [0.15, 0.2) is 0 Å². The molecule has 0 fully saturated rings. The van der Waals surface area contributed by atoms with Crippen LogP contribution in [-0.2, 0) is 11.3 Å². The number of hydrogen-bond donors (Lipinski definition) is 1. The summed E-state index contributed by atoms with van der Waals surface area (Å²) >= 11 is 0. The predicted molar refractivity (Wildman–Crippen MR) is 59.7 cm³/mol. The third kappa shape index (κ3) is 6.18. The van der Waals surface area contributed by atoms with Crippen molar-refractivity contribution in [1.82, 2.24) is 5.32 Å². The Bertz CT molecular complexity index is 454. The summed E-state index contributed by atoms with van der Waals surface area (Å²) in [4.78, 5) is 0. The van der Waals surface area contributed by atoms with Gasteiger partial charge >= 0.3 is 6.18 Å². The van der Waals surface area contributed by atoms with Gasteiger partial charge in [0.2, 0.25) is 0 Å². The van der Waals surface area contributed by atoms with Crippen molar-refractivity contribution in [2.75, 3.05) is 19.8 Å². The molecule has 7 heteroatoms. The third-order valence-electron chi connectivity index (χ3n) is 2.18. The first-order valence-electron chi connectivity index (χ1n) is 5.46. The molecule has 1 rings (SSSR count). The molecule has 0 saturated carbocycles. The highest BCUT2D eigenvalue weighted by atomic mass is 19.4. The Balaban J connectivity index is 2.28. The number of nitriles is 1. The zero-order valence-electron chi connectivity index (χ0n) is 9.93. The number of hydrogen-bond acceptors (Lipinski definition) is 3. The van der Waals surface area contributed by atoms with Gasteiger partial charge in [0.25, 0.3) is 0 Å². The van der Waals surface area contributed by atoms with E-state index >= 15 is 0 Å². The lowest BCUT2D eigenvalue weighted by Crippen LogP contribution is -2.24. The van der Waals surface area contributed by atoms with Crippen LogP contribution in [0.3, 0.4) is 0 Å². The lowest BCUT2D eigenvalue weighted by molar-refractivity contribution is -0.173. The van der Waals surface area contributed by atoms with Crippen molar-refractivity contribution in [2.45, 2.75) is 12.7 Å². The molecule has 0 aliphatic heterocycles. The maximum absolute atomic E-state index is 13.3. The molecule has 0 amide bonds. The van der Waals surface area contributed by atoms with Crippen LogP contribution in [0.15, 0.2) is 18.2 Å². The molecule has 0 atom stereocenters. The van der Waals surface area contributed by atoms with Gasteiger partial charge in [-0.3, -0.25) is 0 Å². The molecule has 0 aromatic heterocycles. The summed E-state index contributed by atoms with van der Waals surface area (Å²) in [6.45, 7) is -1.14. The lowest BCUT2D eigenvalue weighted by Gasteiger charge is -2.09. The normalized spacial score (nSPS) is 11.3. The minimum absolute atomic E-state index is 0.122. The van der Waals surface area contributed by atoms with Gasteiger partial charge in [-0.25, -0.2) is 4.39 Å². The minimum atomic E-state index is -4.34. The number of alkyl halides is 3. The Labute approximate surface area is 107 Å². The average Bonchev–Trinajstić information content (AvgIpc) is 2.34. The van der Waals surface area contributed by atoms with E-state index in [0.717, 1.165) is 0 Å². The fraction of sp³-hybridized carbons (Fsp3) is 0.417. The Kier molecular flexibility index (Phi) is 5.73. The summed E-state index contributed by atoms with van der Waals surface area (Å²) in [6, 6.07) is 5.79. The molecule has 0 saturated heterocycles. The zero-order chi connectivity index (χ0) is 14.3. The monoisotopic (exact) mass is 276 g/mol. The predicted octanol–water partition coefficient (Wildman–Crippen LogP) is 2.37. The van der Waals surface area contributed by atoms with Crippen molar-refractivity contribution >= 4 is 0 Å². The smallest absolute Gasteiger partial charge is 0.371 e. The molecule has 0 aliphatic rings. The molecule has 0 heterocycles. The topological polar surface area (TPSA) is 45.0 Å². The highest BCUT2D eigenvalue weighted by molar-refractivity contribution is 5.33. The van der Waals surface area contributed by atoms with Crippen LogP contribution < -0.4 is 5.32 Å². The highest BCUT2D eigenvalue weighted by Crippen LogP contribution is 2.14. The van der Waals surface area contributed by atoms with Gasteiger partial charge < -0.3 is 10.1 Å². The second-order valence-corrected chi connectivity index (χ2v) is 3.76. The highest BCUT2D eigenvalue weighted by Gasteiger charge is 2.27. The number of nitrogens with zero attached hydrogens (tertiary/aromatic N) is 1. The number of ether oxygens (including phenoxy) is 1. The summed E-state index contributed by atoms with van der Waals surface area (Å²) in [7, 11) is 0. The Hall–Kier alpha value is -1.65. The zero-order valence-corrected chi connectivity index (χ0v) is 9.93. The Morgan fingerprint density at radius 2 is 2.05 bits per heavy atom. The van der Waals surface area contributed by atoms with E-state index in [2.05, 4.69) is 10.1 Å². The van der Waals surface area contributed by atoms with Crippen LogP contribution >= 0.6 is 0 Å². The Morgan fingerprint density at radius 1 is 1.32 bits per heavy atom. The van der Waals surface area contributed by atoms with Crippen molar-refractivity contribution in [1.29, 1.82) is 5.26 Å². The standard InChI is InChI=1S/C12H12F4N2O/c13-11-2-1-9(6-17)5-10(11)7-18-3-4-19-8-12(14,15)16/h1-2,5,18H,3-4,7-8H2. The molecule has 104 valence electrons. The van der Waals surface area contributed by atoms with Crippen LogP contribution in [0.25, 0.3) is 0 Å². The van der Waals surface area contributed by atoms with Gasteiger partial charge in [0.05, 0.1) is 18.2 Å². The average molecular weight is 276 g/mol. The molecule has 0 radical (unpaired) electrons. The molecule has 0 aliphatic carbocycles. The van der Waals surface area contributed by atoms with Gasteiger partial charge in [-0.2, -0.15) is 18.4 Å². The first kappa shape index (κ1) is 15.4. The van der Waals surface area contributed by atoms with E-state index in [1.165, 1.54) is 18.2 Å². The maximum atomic E-state index is 13.3. The minimum Gasteiger partial charge on any atom is -0.371 e. The molecule has 0 bridgehead atoms. The number of halogens is 4. The van der Waals surface area contributed by atoms with E-state index in [1.54, 1.807) is 0 Å².